The normalized spacial score (nSPS) is 12.0. The standard InChI is InChI=1S/C18H30N4O3/c1-13(2)24-15-9-7-14(8-10-15)21-16(19)20-11-12-22(6)17(23)25-18(3,4)5/h7-10,13H,11-12H2,1-6H3,(H3,19,20,21). The van der Waals surface area contributed by atoms with Crippen molar-refractivity contribution in [2.24, 2.45) is 10.7 Å². The van der Waals surface area contributed by atoms with Gasteiger partial charge in [-0.1, -0.05) is 0 Å². The van der Waals surface area contributed by atoms with Crippen molar-refractivity contribution in [2.45, 2.75) is 46.3 Å². The van der Waals surface area contributed by atoms with Gasteiger partial charge in [-0.05, 0) is 58.9 Å². The number of nitrogens with zero attached hydrogens (tertiary/aromatic N) is 2. The predicted molar refractivity (Wildman–Crippen MR) is 101 cm³/mol. The lowest BCUT2D eigenvalue weighted by molar-refractivity contribution is 0.0304. The molecule has 0 saturated carbocycles. The highest BCUT2D eigenvalue weighted by atomic mass is 16.6. The third kappa shape index (κ3) is 8.83. The summed E-state index contributed by atoms with van der Waals surface area (Å²) >= 11 is 0. The molecule has 7 heteroatoms. The molecule has 0 fully saturated rings. The summed E-state index contributed by atoms with van der Waals surface area (Å²) in [7, 11) is 1.67. The number of anilines is 1. The van der Waals surface area contributed by atoms with Crippen LogP contribution in [0.4, 0.5) is 10.5 Å². The molecular weight excluding hydrogens is 320 g/mol. The van der Waals surface area contributed by atoms with Crippen molar-refractivity contribution in [3.8, 4) is 5.75 Å². The number of aliphatic imine (C=N–C) groups is 1. The number of nitrogens with one attached hydrogen (secondary N) is 1. The maximum Gasteiger partial charge on any atom is 0.410 e. The van der Waals surface area contributed by atoms with E-state index < -0.39 is 5.60 Å². The molecule has 0 aromatic heterocycles. The summed E-state index contributed by atoms with van der Waals surface area (Å²) in [6.07, 6.45) is -0.248. The molecule has 0 atom stereocenters. The molecule has 0 radical (unpaired) electrons. The second-order valence-corrected chi connectivity index (χ2v) is 6.98. The lowest BCUT2D eigenvalue weighted by atomic mass is 10.2. The summed E-state index contributed by atoms with van der Waals surface area (Å²) < 4.78 is 10.9. The van der Waals surface area contributed by atoms with Crippen molar-refractivity contribution in [3.05, 3.63) is 24.3 Å². The minimum absolute atomic E-state index is 0.132. The highest BCUT2D eigenvalue weighted by Crippen LogP contribution is 2.16. The van der Waals surface area contributed by atoms with E-state index in [1.807, 2.05) is 58.9 Å². The van der Waals surface area contributed by atoms with E-state index in [1.165, 1.54) is 4.90 Å². The molecule has 0 aliphatic rings. The van der Waals surface area contributed by atoms with Crippen molar-refractivity contribution in [1.29, 1.82) is 0 Å². The second kappa shape index (κ2) is 9.15. The molecule has 140 valence electrons. The molecule has 1 aromatic rings. The zero-order chi connectivity index (χ0) is 19.0. The van der Waals surface area contributed by atoms with Gasteiger partial charge in [0.05, 0.1) is 12.6 Å². The number of guanidine groups is 1. The van der Waals surface area contributed by atoms with E-state index in [4.69, 9.17) is 15.2 Å². The second-order valence-electron chi connectivity index (χ2n) is 6.98. The first kappa shape index (κ1) is 20.6. The predicted octanol–water partition coefficient (Wildman–Crippen LogP) is 3.07. The summed E-state index contributed by atoms with van der Waals surface area (Å²) in [4.78, 5) is 17.5. The number of hydrogen-bond donors (Lipinski definition) is 2. The summed E-state index contributed by atoms with van der Waals surface area (Å²) in [5.74, 6) is 1.09. The number of hydrogen-bond acceptors (Lipinski definition) is 4. The molecule has 1 aromatic carbocycles. The maximum atomic E-state index is 11.8. The van der Waals surface area contributed by atoms with Gasteiger partial charge in [-0.15, -0.1) is 0 Å². The van der Waals surface area contributed by atoms with Crippen LogP contribution < -0.4 is 15.8 Å². The van der Waals surface area contributed by atoms with E-state index >= 15 is 0 Å². The van der Waals surface area contributed by atoms with E-state index in [9.17, 15) is 4.79 Å². The molecule has 0 unspecified atom stereocenters. The number of rotatable bonds is 6. The van der Waals surface area contributed by atoms with Crippen molar-refractivity contribution in [2.75, 3.05) is 25.5 Å². The van der Waals surface area contributed by atoms with Gasteiger partial charge in [0.1, 0.15) is 11.4 Å². The lowest BCUT2D eigenvalue weighted by Gasteiger charge is -2.24. The van der Waals surface area contributed by atoms with Gasteiger partial charge >= 0.3 is 6.09 Å². The molecule has 0 heterocycles. The minimum atomic E-state index is -0.513. The van der Waals surface area contributed by atoms with Crippen molar-refractivity contribution < 1.29 is 14.3 Å². The largest absolute Gasteiger partial charge is 0.491 e. The molecule has 0 bridgehead atoms. The van der Waals surface area contributed by atoms with Gasteiger partial charge in [-0.25, -0.2) is 4.79 Å². The van der Waals surface area contributed by atoms with Crippen LogP contribution in [-0.2, 0) is 4.74 Å². The molecule has 0 spiro atoms. The van der Waals surface area contributed by atoms with Gasteiger partial charge in [0, 0.05) is 19.3 Å². The summed E-state index contributed by atoms with van der Waals surface area (Å²) in [5.41, 5.74) is 6.17. The van der Waals surface area contributed by atoms with Gasteiger partial charge in [-0.2, -0.15) is 0 Å². The Balaban J connectivity index is 2.44. The number of benzene rings is 1. The molecule has 0 aliphatic heterocycles. The highest BCUT2D eigenvalue weighted by molar-refractivity contribution is 5.92. The number of amides is 1. The number of carbonyl (C=O) groups excluding carboxylic acids is 1. The van der Waals surface area contributed by atoms with Crippen LogP contribution in [-0.4, -0.2) is 48.8 Å². The molecule has 1 rings (SSSR count). The van der Waals surface area contributed by atoms with Gasteiger partial charge in [-0.3, -0.25) is 4.99 Å². The van der Waals surface area contributed by atoms with Crippen LogP contribution in [0.1, 0.15) is 34.6 Å². The quantitative estimate of drug-likeness (QED) is 0.608. The number of ether oxygens (including phenoxy) is 2. The first-order valence-corrected chi connectivity index (χ1v) is 8.34. The Bertz CT molecular complexity index is 577. The van der Waals surface area contributed by atoms with E-state index in [0.29, 0.717) is 13.1 Å². The van der Waals surface area contributed by atoms with E-state index in [0.717, 1.165) is 11.4 Å². The third-order valence-corrected chi connectivity index (χ3v) is 2.92. The number of carbonyl (C=O) groups is 1. The Hall–Kier alpha value is -2.44. The van der Waals surface area contributed by atoms with Gasteiger partial charge in [0.25, 0.3) is 0 Å². The lowest BCUT2D eigenvalue weighted by Crippen LogP contribution is -2.36. The molecule has 7 nitrogen and oxygen atoms in total. The van der Waals surface area contributed by atoms with Crippen molar-refractivity contribution in [3.63, 3.8) is 0 Å². The van der Waals surface area contributed by atoms with E-state index in [2.05, 4.69) is 10.3 Å². The van der Waals surface area contributed by atoms with Gasteiger partial charge in [0.2, 0.25) is 0 Å². The first-order chi connectivity index (χ1) is 11.6. The van der Waals surface area contributed by atoms with Crippen molar-refractivity contribution in [1.82, 2.24) is 4.90 Å². The molecule has 0 aliphatic carbocycles. The number of likely N-dealkylation sites (N-methyl/N-ethyl adjacent to an activating group) is 1. The summed E-state index contributed by atoms with van der Waals surface area (Å²) in [6.45, 7) is 10.2. The van der Waals surface area contributed by atoms with Crippen LogP contribution in [0.3, 0.4) is 0 Å². The zero-order valence-electron chi connectivity index (χ0n) is 16.0. The number of nitrogens with two attached hydrogens (primary N) is 1. The Morgan fingerprint density at radius 1 is 1.28 bits per heavy atom. The molecule has 1 amide bonds. The topological polar surface area (TPSA) is 89.2 Å². The summed E-state index contributed by atoms with van der Waals surface area (Å²) in [6, 6.07) is 7.47. The van der Waals surface area contributed by atoms with Crippen LogP contribution in [0.25, 0.3) is 0 Å². The fourth-order valence-electron chi connectivity index (χ4n) is 1.83. The molecule has 0 saturated heterocycles. The van der Waals surface area contributed by atoms with E-state index in [-0.39, 0.29) is 18.2 Å². The monoisotopic (exact) mass is 350 g/mol. The Kier molecular flexibility index (Phi) is 7.54. The van der Waals surface area contributed by atoms with Crippen LogP contribution in [0, 0.1) is 0 Å². The third-order valence-electron chi connectivity index (χ3n) is 2.92. The molecule has 3 N–H and O–H groups in total. The average Bonchev–Trinajstić information content (AvgIpc) is 2.47. The zero-order valence-corrected chi connectivity index (χ0v) is 16.0. The van der Waals surface area contributed by atoms with Crippen LogP contribution in [0.15, 0.2) is 29.3 Å². The molecule has 25 heavy (non-hydrogen) atoms. The van der Waals surface area contributed by atoms with Gasteiger partial charge < -0.3 is 25.4 Å². The Labute approximate surface area is 150 Å². The summed E-state index contributed by atoms with van der Waals surface area (Å²) in [5, 5.41) is 3.00. The fraction of sp³-hybridized carbons (Fsp3) is 0.556. The SMILES string of the molecule is CC(C)Oc1ccc(NC(N)=NCCN(C)C(=O)OC(C)(C)C)cc1. The minimum Gasteiger partial charge on any atom is -0.491 e. The first-order valence-electron chi connectivity index (χ1n) is 8.34. The average molecular weight is 350 g/mol. The maximum absolute atomic E-state index is 11.8. The smallest absolute Gasteiger partial charge is 0.410 e. The van der Waals surface area contributed by atoms with Crippen molar-refractivity contribution >= 4 is 17.7 Å². The van der Waals surface area contributed by atoms with Crippen LogP contribution >= 0.6 is 0 Å². The fourth-order valence-corrected chi connectivity index (χ4v) is 1.83. The highest BCUT2D eigenvalue weighted by Gasteiger charge is 2.19. The van der Waals surface area contributed by atoms with E-state index in [1.54, 1.807) is 7.05 Å². The van der Waals surface area contributed by atoms with Gasteiger partial charge in [0.15, 0.2) is 5.96 Å². The van der Waals surface area contributed by atoms with Crippen LogP contribution in [0.5, 0.6) is 5.75 Å². The molecular formula is C18H30N4O3. The Morgan fingerprint density at radius 2 is 1.88 bits per heavy atom. The Morgan fingerprint density at radius 3 is 2.40 bits per heavy atom. The van der Waals surface area contributed by atoms with Crippen LogP contribution in [0.2, 0.25) is 0 Å².